The summed E-state index contributed by atoms with van der Waals surface area (Å²) in [5.74, 6) is 0.173. The molecule has 0 atom stereocenters. The Bertz CT molecular complexity index is 910. The number of benzene rings is 1. The molecule has 1 fully saturated rings. The van der Waals surface area contributed by atoms with Gasteiger partial charge in [-0.1, -0.05) is 44.5 Å². The van der Waals surface area contributed by atoms with Gasteiger partial charge in [-0.3, -0.25) is 9.69 Å². The zero-order valence-corrected chi connectivity index (χ0v) is 17.7. The minimum Gasteiger partial charge on any atom is -0.370 e. The highest BCUT2D eigenvalue weighted by Gasteiger charge is 2.43. The monoisotopic (exact) mass is 407 g/mol. The number of hydrogen-bond donors (Lipinski definition) is 1. The minimum absolute atomic E-state index is 0.173. The van der Waals surface area contributed by atoms with Crippen LogP contribution in [0.5, 0.6) is 0 Å². The molecular formula is C19H23N2O2S3+. The van der Waals surface area contributed by atoms with Gasteiger partial charge >= 0.3 is 0 Å². The van der Waals surface area contributed by atoms with Crippen molar-refractivity contribution in [3.63, 3.8) is 0 Å². The third-order valence-electron chi connectivity index (χ3n) is 5.26. The third kappa shape index (κ3) is 2.96. The summed E-state index contributed by atoms with van der Waals surface area (Å²) < 4.78 is 6.36. The molecular weight excluding hydrogens is 384 g/mol. The van der Waals surface area contributed by atoms with E-state index in [1.165, 1.54) is 15.3 Å². The fourth-order valence-corrected chi connectivity index (χ4v) is 7.20. The summed E-state index contributed by atoms with van der Waals surface area (Å²) in [5, 5.41) is 0. The zero-order valence-electron chi connectivity index (χ0n) is 15.3. The van der Waals surface area contributed by atoms with Crippen LogP contribution in [0.4, 0.5) is 5.69 Å². The molecule has 0 spiro atoms. The molecule has 2 aliphatic rings. The van der Waals surface area contributed by atoms with Gasteiger partial charge in [0.15, 0.2) is 6.54 Å². The number of hydrogen-bond acceptors (Lipinski definition) is 5. The number of anilines is 1. The SMILES string of the molecule is Cc1ccc2c(c1)-c1c(ssc1=S)C(C)(C)N2C(=O)C[NH+]1CCOCC1. The first-order valence-corrected chi connectivity index (χ1v) is 11.4. The normalized spacial score (nSPS) is 19.1. The van der Waals surface area contributed by atoms with Crippen LogP contribution in [0.25, 0.3) is 11.1 Å². The molecule has 0 bridgehead atoms. The van der Waals surface area contributed by atoms with Crippen LogP contribution < -0.4 is 9.80 Å². The molecule has 138 valence electrons. The third-order valence-corrected chi connectivity index (χ3v) is 8.59. The van der Waals surface area contributed by atoms with Gasteiger partial charge in [0.05, 0.1) is 29.3 Å². The number of carbonyl (C=O) groups is 1. The molecule has 0 radical (unpaired) electrons. The van der Waals surface area contributed by atoms with Gasteiger partial charge in [-0.05, 0) is 32.9 Å². The van der Waals surface area contributed by atoms with E-state index in [1.807, 2.05) is 4.90 Å². The van der Waals surface area contributed by atoms with Crippen LogP contribution in [-0.2, 0) is 15.1 Å². The van der Waals surface area contributed by atoms with Crippen LogP contribution in [0.3, 0.4) is 0 Å². The van der Waals surface area contributed by atoms with Gasteiger partial charge in [0.1, 0.15) is 16.9 Å². The van der Waals surface area contributed by atoms with Crippen molar-refractivity contribution in [2.24, 2.45) is 0 Å². The van der Waals surface area contributed by atoms with Crippen molar-refractivity contribution < 1.29 is 14.4 Å². The molecule has 0 saturated carbocycles. The van der Waals surface area contributed by atoms with Gasteiger partial charge in [-0.25, -0.2) is 0 Å². The van der Waals surface area contributed by atoms with E-state index in [-0.39, 0.29) is 5.91 Å². The van der Waals surface area contributed by atoms with E-state index in [1.54, 1.807) is 20.7 Å². The fraction of sp³-hybridized carbons (Fsp3) is 0.474. The Morgan fingerprint density at radius 3 is 2.77 bits per heavy atom. The number of ether oxygens (including phenoxy) is 1. The number of nitrogens with one attached hydrogen (secondary N) is 1. The van der Waals surface area contributed by atoms with Crippen molar-refractivity contribution in [1.29, 1.82) is 0 Å². The van der Waals surface area contributed by atoms with Crippen molar-refractivity contribution in [3.05, 3.63) is 32.5 Å². The van der Waals surface area contributed by atoms with Gasteiger partial charge in [0.2, 0.25) is 0 Å². The largest absolute Gasteiger partial charge is 0.370 e. The Morgan fingerprint density at radius 2 is 2.04 bits per heavy atom. The first-order valence-electron chi connectivity index (χ1n) is 8.88. The maximum Gasteiger partial charge on any atom is 0.282 e. The van der Waals surface area contributed by atoms with Crippen LogP contribution in [0, 0.1) is 10.7 Å². The van der Waals surface area contributed by atoms with Gasteiger partial charge in [0.25, 0.3) is 5.91 Å². The molecule has 2 aliphatic heterocycles. The first kappa shape index (κ1) is 18.3. The molecule has 4 rings (SSSR count). The highest BCUT2D eigenvalue weighted by molar-refractivity contribution is 7.80. The van der Waals surface area contributed by atoms with Gasteiger partial charge in [0, 0.05) is 11.1 Å². The van der Waals surface area contributed by atoms with Crippen LogP contribution in [0.15, 0.2) is 18.2 Å². The summed E-state index contributed by atoms with van der Waals surface area (Å²) >= 11 is 5.64. The molecule has 0 unspecified atom stereocenters. The molecule has 4 nitrogen and oxygen atoms in total. The van der Waals surface area contributed by atoms with Crippen LogP contribution in [0.1, 0.15) is 24.3 Å². The second-order valence-corrected chi connectivity index (χ2v) is 10.3. The summed E-state index contributed by atoms with van der Waals surface area (Å²) in [7, 11) is 3.35. The molecule has 1 saturated heterocycles. The predicted molar refractivity (Wildman–Crippen MR) is 110 cm³/mol. The minimum atomic E-state index is -0.390. The Morgan fingerprint density at radius 1 is 1.31 bits per heavy atom. The van der Waals surface area contributed by atoms with E-state index in [9.17, 15) is 4.79 Å². The second-order valence-electron chi connectivity index (χ2n) is 7.51. The number of nitrogens with zero attached hydrogens (tertiary/aromatic N) is 1. The lowest BCUT2D eigenvalue weighted by Crippen LogP contribution is -3.15. The molecule has 1 amide bonds. The lowest BCUT2D eigenvalue weighted by atomic mass is 9.86. The van der Waals surface area contributed by atoms with E-state index in [2.05, 4.69) is 39.0 Å². The summed E-state index contributed by atoms with van der Waals surface area (Å²) in [6.07, 6.45) is 0. The molecule has 1 aromatic heterocycles. The predicted octanol–water partition coefficient (Wildman–Crippen LogP) is 3.01. The number of aryl methyl sites for hydroxylation is 1. The molecule has 26 heavy (non-hydrogen) atoms. The Kier molecular flexibility index (Phi) is 4.77. The lowest BCUT2D eigenvalue weighted by molar-refractivity contribution is -0.900. The number of quaternary nitrogens is 1. The maximum absolute atomic E-state index is 13.4. The van der Waals surface area contributed by atoms with Crippen molar-refractivity contribution >= 4 is 44.5 Å². The molecule has 1 N–H and O–H groups in total. The summed E-state index contributed by atoms with van der Waals surface area (Å²) in [6.45, 7) is 10.1. The van der Waals surface area contributed by atoms with E-state index < -0.39 is 5.54 Å². The van der Waals surface area contributed by atoms with E-state index in [0.717, 1.165) is 46.9 Å². The summed E-state index contributed by atoms with van der Waals surface area (Å²) in [5.41, 5.74) is 4.04. The van der Waals surface area contributed by atoms with Gasteiger partial charge in [-0.15, -0.1) is 0 Å². The molecule has 1 aromatic carbocycles. The van der Waals surface area contributed by atoms with Crippen molar-refractivity contribution in [3.8, 4) is 11.1 Å². The Balaban J connectivity index is 1.79. The topological polar surface area (TPSA) is 34.0 Å². The number of rotatable bonds is 2. The van der Waals surface area contributed by atoms with Crippen LogP contribution >= 0.6 is 32.9 Å². The number of carbonyl (C=O) groups excluding carboxylic acids is 1. The fourth-order valence-electron chi connectivity index (χ4n) is 3.92. The van der Waals surface area contributed by atoms with Crippen molar-refractivity contribution in [2.75, 3.05) is 37.7 Å². The molecule has 0 aliphatic carbocycles. The van der Waals surface area contributed by atoms with E-state index in [4.69, 9.17) is 17.0 Å². The van der Waals surface area contributed by atoms with E-state index in [0.29, 0.717) is 6.54 Å². The summed E-state index contributed by atoms with van der Waals surface area (Å²) in [4.78, 5) is 17.9. The van der Waals surface area contributed by atoms with Crippen LogP contribution in [-0.4, -0.2) is 38.8 Å². The Hall–Kier alpha value is -1.12. The van der Waals surface area contributed by atoms with Gasteiger partial charge in [-0.2, -0.15) is 0 Å². The number of fused-ring (bicyclic) bond motifs is 3. The molecule has 2 aromatic rings. The molecule has 7 heteroatoms. The van der Waals surface area contributed by atoms with E-state index >= 15 is 0 Å². The highest BCUT2D eigenvalue weighted by atomic mass is 32.9. The summed E-state index contributed by atoms with van der Waals surface area (Å²) in [6, 6.07) is 6.33. The smallest absolute Gasteiger partial charge is 0.282 e. The average Bonchev–Trinajstić information content (AvgIpc) is 2.99. The lowest BCUT2D eigenvalue weighted by Gasteiger charge is -2.43. The molecule has 3 heterocycles. The maximum atomic E-state index is 13.4. The highest BCUT2D eigenvalue weighted by Crippen LogP contribution is 2.52. The number of morpholine rings is 1. The van der Waals surface area contributed by atoms with Gasteiger partial charge < -0.3 is 9.64 Å². The quantitative estimate of drug-likeness (QED) is 0.614. The standard InChI is InChI=1S/C19H22N2O2S3/c1-12-4-5-14-13(10-12)16-17(25-26-18(16)24)19(2,3)21(14)15(22)11-20-6-8-23-9-7-20/h4-5,10H,6-9,11H2,1-3H3/p+1. The second kappa shape index (κ2) is 6.80. The van der Waals surface area contributed by atoms with Crippen molar-refractivity contribution in [2.45, 2.75) is 26.3 Å². The zero-order chi connectivity index (χ0) is 18.5. The van der Waals surface area contributed by atoms with Crippen LogP contribution in [0.2, 0.25) is 0 Å². The Labute approximate surface area is 166 Å². The van der Waals surface area contributed by atoms with Crippen molar-refractivity contribution in [1.82, 2.24) is 0 Å². The number of amides is 1. The average molecular weight is 408 g/mol. The first-order chi connectivity index (χ1) is 12.4.